The molecule has 1 N–H and O–H groups in total. The molecule has 1 heterocycles. The van der Waals surface area contributed by atoms with Crippen molar-refractivity contribution in [2.75, 3.05) is 19.5 Å². The summed E-state index contributed by atoms with van der Waals surface area (Å²) in [4.78, 5) is 12.0. The van der Waals surface area contributed by atoms with E-state index in [0.29, 0.717) is 23.6 Å². The lowest BCUT2D eigenvalue weighted by Gasteiger charge is -2.15. The zero-order valence-corrected chi connectivity index (χ0v) is 15.7. The molecule has 0 amide bonds. The Bertz CT molecular complexity index is 1020. The summed E-state index contributed by atoms with van der Waals surface area (Å²) in [6, 6.07) is 9.41. The highest BCUT2D eigenvalue weighted by Crippen LogP contribution is 2.33. The molecular formula is C21H23NO4. The fourth-order valence-electron chi connectivity index (χ4n) is 3.03. The highest BCUT2D eigenvalue weighted by Gasteiger charge is 2.12. The van der Waals surface area contributed by atoms with E-state index >= 15 is 0 Å². The standard InChI is InChI=1S/C21H23NO4/c1-12-6-7-16-15(9-20(23)26-21(16)14(12)3)11-22-17-10-19(25-5)18(24-4)8-13(17)2/h6-10,22H,11H2,1-5H3. The van der Waals surface area contributed by atoms with E-state index in [1.54, 1.807) is 20.3 Å². The molecule has 0 saturated carbocycles. The van der Waals surface area contributed by atoms with Crippen LogP contribution in [0.3, 0.4) is 0 Å². The van der Waals surface area contributed by atoms with Crippen molar-refractivity contribution < 1.29 is 13.9 Å². The Morgan fingerprint density at radius 3 is 2.35 bits per heavy atom. The van der Waals surface area contributed by atoms with Gasteiger partial charge in [-0.15, -0.1) is 0 Å². The van der Waals surface area contributed by atoms with Crippen molar-refractivity contribution in [1.82, 2.24) is 0 Å². The maximum atomic E-state index is 12.0. The van der Waals surface area contributed by atoms with Crippen LogP contribution in [-0.2, 0) is 6.54 Å². The second kappa shape index (κ2) is 7.12. The number of anilines is 1. The van der Waals surface area contributed by atoms with Crippen LogP contribution in [0.4, 0.5) is 5.69 Å². The van der Waals surface area contributed by atoms with E-state index in [9.17, 15) is 4.79 Å². The third-order valence-corrected chi connectivity index (χ3v) is 4.72. The summed E-state index contributed by atoms with van der Waals surface area (Å²) in [6.07, 6.45) is 0. The van der Waals surface area contributed by atoms with Crippen LogP contribution in [0.1, 0.15) is 22.3 Å². The number of hydrogen-bond acceptors (Lipinski definition) is 5. The normalized spacial score (nSPS) is 10.8. The summed E-state index contributed by atoms with van der Waals surface area (Å²) in [7, 11) is 3.22. The van der Waals surface area contributed by atoms with Gasteiger partial charge in [-0.3, -0.25) is 0 Å². The quantitative estimate of drug-likeness (QED) is 0.691. The Kier molecular flexibility index (Phi) is 4.89. The van der Waals surface area contributed by atoms with Gasteiger partial charge < -0.3 is 19.2 Å². The molecule has 0 bridgehead atoms. The zero-order valence-electron chi connectivity index (χ0n) is 15.7. The van der Waals surface area contributed by atoms with E-state index in [1.165, 1.54) is 0 Å². The van der Waals surface area contributed by atoms with Crippen LogP contribution in [0.15, 0.2) is 39.5 Å². The van der Waals surface area contributed by atoms with Gasteiger partial charge in [-0.1, -0.05) is 12.1 Å². The largest absolute Gasteiger partial charge is 0.493 e. The van der Waals surface area contributed by atoms with Crippen molar-refractivity contribution in [1.29, 1.82) is 0 Å². The number of ether oxygens (including phenoxy) is 2. The van der Waals surface area contributed by atoms with E-state index in [4.69, 9.17) is 13.9 Å². The number of aryl methyl sites for hydroxylation is 3. The number of fused-ring (bicyclic) bond motifs is 1. The van der Waals surface area contributed by atoms with Gasteiger partial charge in [0.2, 0.25) is 0 Å². The van der Waals surface area contributed by atoms with Gasteiger partial charge >= 0.3 is 5.63 Å². The van der Waals surface area contributed by atoms with Crippen LogP contribution in [0.25, 0.3) is 11.0 Å². The lowest BCUT2D eigenvalue weighted by molar-refractivity contribution is 0.355. The average molecular weight is 353 g/mol. The Morgan fingerprint density at radius 1 is 0.962 bits per heavy atom. The molecular weight excluding hydrogens is 330 g/mol. The summed E-state index contributed by atoms with van der Waals surface area (Å²) in [5, 5.41) is 4.34. The molecule has 3 aromatic rings. The molecule has 136 valence electrons. The molecule has 5 nitrogen and oxygen atoms in total. The van der Waals surface area contributed by atoms with Gasteiger partial charge in [0, 0.05) is 29.8 Å². The predicted octanol–water partition coefficient (Wildman–Crippen LogP) is 4.35. The monoisotopic (exact) mass is 353 g/mol. The second-order valence-electron chi connectivity index (χ2n) is 6.35. The Balaban J connectivity index is 1.98. The number of hydrogen-bond donors (Lipinski definition) is 1. The van der Waals surface area contributed by atoms with Gasteiger partial charge in [0.15, 0.2) is 11.5 Å². The fourth-order valence-corrected chi connectivity index (χ4v) is 3.03. The van der Waals surface area contributed by atoms with E-state index in [1.807, 2.05) is 45.0 Å². The predicted molar refractivity (Wildman–Crippen MR) is 104 cm³/mol. The van der Waals surface area contributed by atoms with Crippen molar-refractivity contribution >= 4 is 16.7 Å². The first-order valence-electron chi connectivity index (χ1n) is 8.44. The maximum Gasteiger partial charge on any atom is 0.336 e. The summed E-state index contributed by atoms with van der Waals surface area (Å²) in [6.45, 7) is 6.47. The number of rotatable bonds is 5. The van der Waals surface area contributed by atoms with Crippen molar-refractivity contribution in [2.45, 2.75) is 27.3 Å². The number of methoxy groups -OCH3 is 2. The molecule has 0 atom stereocenters. The molecule has 0 saturated heterocycles. The highest BCUT2D eigenvalue weighted by atomic mass is 16.5. The van der Waals surface area contributed by atoms with Crippen molar-refractivity contribution in [2.24, 2.45) is 0 Å². The van der Waals surface area contributed by atoms with E-state index in [2.05, 4.69) is 5.32 Å². The van der Waals surface area contributed by atoms with Crippen LogP contribution < -0.4 is 20.4 Å². The summed E-state index contributed by atoms with van der Waals surface area (Å²) >= 11 is 0. The Morgan fingerprint density at radius 2 is 1.65 bits per heavy atom. The van der Waals surface area contributed by atoms with Crippen molar-refractivity contribution in [3.8, 4) is 11.5 Å². The molecule has 5 heteroatoms. The molecule has 1 aromatic heterocycles. The average Bonchev–Trinajstić information content (AvgIpc) is 2.63. The first kappa shape index (κ1) is 17.9. The van der Waals surface area contributed by atoms with Gasteiger partial charge in [-0.2, -0.15) is 0 Å². The molecule has 0 aliphatic rings. The SMILES string of the molecule is COc1cc(C)c(NCc2cc(=O)oc3c(C)c(C)ccc23)cc1OC. The molecule has 0 aliphatic heterocycles. The van der Waals surface area contributed by atoms with Gasteiger partial charge in [0.1, 0.15) is 5.58 Å². The summed E-state index contributed by atoms with van der Waals surface area (Å²) in [5.41, 5.74) is 5.25. The molecule has 0 spiro atoms. The van der Waals surface area contributed by atoms with Gasteiger partial charge in [0.05, 0.1) is 14.2 Å². The van der Waals surface area contributed by atoms with Gasteiger partial charge in [0.25, 0.3) is 0 Å². The van der Waals surface area contributed by atoms with E-state index < -0.39 is 0 Å². The first-order valence-corrected chi connectivity index (χ1v) is 8.44. The van der Waals surface area contributed by atoms with Gasteiger partial charge in [-0.05, 0) is 49.1 Å². The van der Waals surface area contributed by atoms with E-state index in [-0.39, 0.29) is 5.63 Å². The minimum atomic E-state index is -0.341. The minimum absolute atomic E-state index is 0.341. The fraction of sp³-hybridized carbons (Fsp3) is 0.286. The Hall–Kier alpha value is -2.95. The molecule has 0 unspecified atom stereocenters. The lowest BCUT2D eigenvalue weighted by Crippen LogP contribution is -2.07. The van der Waals surface area contributed by atoms with E-state index in [0.717, 1.165) is 33.3 Å². The zero-order chi connectivity index (χ0) is 18.8. The first-order chi connectivity index (χ1) is 12.4. The molecule has 0 aliphatic carbocycles. The van der Waals surface area contributed by atoms with Crippen LogP contribution in [-0.4, -0.2) is 14.2 Å². The summed E-state index contributed by atoms with van der Waals surface area (Å²) < 4.78 is 16.1. The van der Waals surface area contributed by atoms with Crippen LogP contribution in [0.5, 0.6) is 11.5 Å². The van der Waals surface area contributed by atoms with Crippen molar-refractivity contribution in [3.05, 3.63) is 63.0 Å². The topological polar surface area (TPSA) is 60.7 Å². The van der Waals surface area contributed by atoms with Gasteiger partial charge in [-0.25, -0.2) is 4.79 Å². The smallest absolute Gasteiger partial charge is 0.336 e. The molecule has 0 fully saturated rings. The maximum absolute atomic E-state index is 12.0. The third-order valence-electron chi connectivity index (χ3n) is 4.72. The highest BCUT2D eigenvalue weighted by molar-refractivity contribution is 5.84. The molecule has 26 heavy (non-hydrogen) atoms. The molecule has 0 radical (unpaired) electrons. The van der Waals surface area contributed by atoms with Crippen molar-refractivity contribution in [3.63, 3.8) is 0 Å². The van der Waals surface area contributed by atoms with Crippen LogP contribution in [0.2, 0.25) is 0 Å². The van der Waals surface area contributed by atoms with Crippen LogP contribution in [0, 0.1) is 20.8 Å². The third kappa shape index (κ3) is 3.25. The lowest BCUT2D eigenvalue weighted by atomic mass is 10.0. The molecule has 2 aromatic carbocycles. The second-order valence-corrected chi connectivity index (χ2v) is 6.35. The molecule has 3 rings (SSSR count). The Labute approximate surface area is 152 Å². The van der Waals surface area contributed by atoms with Crippen LogP contribution >= 0.6 is 0 Å². The number of benzene rings is 2. The summed E-state index contributed by atoms with van der Waals surface area (Å²) in [5.74, 6) is 1.34. The number of nitrogens with one attached hydrogen (secondary N) is 1. The minimum Gasteiger partial charge on any atom is -0.493 e.